The standard InChI is InChI=1S/C20H15ClN2O2/c1-3-10-25-19-7-5-4-6-15(19)11-16(13-22)20(24)23-17-9-8-14(2)18(21)12-17/h1,4-9,11-12H,10H2,2H3,(H,23,24)/b16-11+. The van der Waals surface area contributed by atoms with E-state index in [1.165, 1.54) is 6.08 Å². The molecular weight excluding hydrogens is 336 g/mol. The number of hydrogen-bond acceptors (Lipinski definition) is 3. The first-order chi connectivity index (χ1) is 12.0. The van der Waals surface area contributed by atoms with Crippen LogP contribution < -0.4 is 10.1 Å². The molecule has 0 spiro atoms. The smallest absolute Gasteiger partial charge is 0.266 e. The second kappa shape index (κ2) is 8.59. The van der Waals surface area contributed by atoms with Crippen molar-refractivity contribution in [1.29, 1.82) is 5.26 Å². The van der Waals surface area contributed by atoms with Crippen molar-refractivity contribution >= 4 is 29.3 Å². The number of nitrogens with one attached hydrogen (secondary N) is 1. The van der Waals surface area contributed by atoms with E-state index in [0.29, 0.717) is 22.0 Å². The Labute approximate surface area is 151 Å². The van der Waals surface area contributed by atoms with E-state index in [4.69, 9.17) is 22.8 Å². The molecule has 25 heavy (non-hydrogen) atoms. The van der Waals surface area contributed by atoms with Gasteiger partial charge in [0.1, 0.15) is 24.0 Å². The summed E-state index contributed by atoms with van der Waals surface area (Å²) in [5, 5.41) is 12.5. The highest BCUT2D eigenvalue weighted by molar-refractivity contribution is 6.31. The topological polar surface area (TPSA) is 62.1 Å². The molecule has 4 nitrogen and oxygen atoms in total. The van der Waals surface area contributed by atoms with E-state index in [0.717, 1.165) is 5.56 Å². The van der Waals surface area contributed by atoms with Gasteiger partial charge in [-0.2, -0.15) is 5.26 Å². The summed E-state index contributed by atoms with van der Waals surface area (Å²) in [5.74, 6) is 2.34. The SMILES string of the molecule is C#CCOc1ccccc1/C=C(\C#N)C(=O)Nc1ccc(C)c(Cl)c1. The summed E-state index contributed by atoms with van der Waals surface area (Å²) >= 11 is 6.05. The number of rotatable bonds is 5. The van der Waals surface area contributed by atoms with Crippen molar-refractivity contribution in [2.24, 2.45) is 0 Å². The predicted molar refractivity (Wildman–Crippen MR) is 99.2 cm³/mol. The van der Waals surface area contributed by atoms with Gasteiger partial charge in [0.05, 0.1) is 0 Å². The molecular formula is C20H15ClN2O2. The van der Waals surface area contributed by atoms with E-state index in [2.05, 4.69) is 11.2 Å². The molecule has 5 heteroatoms. The zero-order valence-electron chi connectivity index (χ0n) is 13.5. The first-order valence-corrected chi connectivity index (χ1v) is 7.77. The fourth-order valence-electron chi connectivity index (χ4n) is 2.02. The number of carbonyl (C=O) groups excluding carboxylic acids is 1. The van der Waals surface area contributed by atoms with Gasteiger partial charge in [0.2, 0.25) is 0 Å². The Morgan fingerprint density at radius 2 is 2.12 bits per heavy atom. The van der Waals surface area contributed by atoms with Gasteiger partial charge in [-0.1, -0.05) is 41.8 Å². The zero-order valence-corrected chi connectivity index (χ0v) is 14.3. The lowest BCUT2D eigenvalue weighted by atomic mass is 10.1. The molecule has 0 aliphatic heterocycles. The summed E-state index contributed by atoms with van der Waals surface area (Å²) in [5.41, 5.74) is 1.94. The highest BCUT2D eigenvalue weighted by Gasteiger charge is 2.12. The highest BCUT2D eigenvalue weighted by Crippen LogP contribution is 2.23. The third-order valence-electron chi connectivity index (χ3n) is 3.32. The maximum absolute atomic E-state index is 12.4. The number of ether oxygens (including phenoxy) is 1. The predicted octanol–water partition coefficient (Wildman–Crippen LogP) is 4.21. The number of benzene rings is 2. The molecule has 0 saturated carbocycles. The summed E-state index contributed by atoms with van der Waals surface area (Å²) in [6.45, 7) is 1.96. The number of amides is 1. The second-order valence-electron chi connectivity index (χ2n) is 5.12. The minimum absolute atomic E-state index is 0.0616. The van der Waals surface area contributed by atoms with Crippen molar-refractivity contribution in [3.63, 3.8) is 0 Å². The second-order valence-corrected chi connectivity index (χ2v) is 5.53. The van der Waals surface area contributed by atoms with Crippen molar-refractivity contribution in [3.05, 3.63) is 64.2 Å². The molecule has 0 bridgehead atoms. The molecule has 2 aromatic carbocycles. The number of para-hydroxylation sites is 1. The normalized spacial score (nSPS) is 10.5. The van der Waals surface area contributed by atoms with Crippen LogP contribution in [0.2, 0.25) is 5.02 Å². The lowest BCUT2D eigenvalue weighted by Crippen LogP contribution is -2.13. The van der Waals surface area contributed by atoms with Crippen LogP contribution in [0.25, 0.3) is 6.08 Å². The van der Waals surface area contributed by atoms with Crippen LogP contribution >= 0.6 is 11.6 Å². The molecule has 0 heterocycles. The van der Waals surface area contributed by atoms with Gasteiger partial charge in [0.25, 0.3) is 5.91 Å². The Kier molecular flexibility index (Phi) is 6.23. The summed E-state index contributed by atoms with van der Waals surface area (Å²) in [6.07, 6.45) is 6.65. The number of anilines is 1. The fourth-order valence-corrected chi connectivity index (χ4v) is 2.20. The lowest BCUT2D eigenvalue weighted by Gasteiger charge is -2.08. The maximum atomic E-state index is 12.4. The van der Waals surface area contributed by atoms with Gasteiger partial charge < -0.3 is 10.1 Å². The van der Waals surface area contributed by atoms with E-state index >= 15 is 0 Å². The van der Waals surface area contributed by atoms with Gasteiger partial charge in [0, 0.05) is 16.3 Å². The van der Waals surface area contributed by atoms with Crippen LogP contribution in [-0.2, 0) is 4.79 Å². The van der Waals surface area contributed by atoms with Crippen LogP contribution in [0.3, 0.4) is 0 Å². The Morgan fingerprint density at radius 3 is 2.80 bits per heavy atom. The molecule has 0 aliphatic rings. The molecule has 0 saturated heterocycles. The van der Waals surface area contributed by atoms with Crippen LogP contribution in [-0.4, -0.2) is 12.5 Å². The van der Waals surface area contributed by atoms with Crippen LogP contribution in [0.4, 0.5) is 5.69 Å². The largest absolute Gasteiger partial charge is 0.480 e. The molecule has 124 valence electrons. The van der Waals surface area contributed by atoms with Gasteiger partial charge in [-0.15, -0.1) is 6.42 Å². The Morgan fingerprint density at radius 1 is 1.36 bits per heavy atom. The molecule has 1 amide bonds. The summed E-state index contributed by atoms with van der Waals surface area (Å²) in [6, 6.07) is 14.1. The minimum Gasteiger partial charge on any atom is -0.480 e. The molecule has 2 rings (SSSR count). The van der Waals surface area contributed by atoms with Gasteiger partial charge >= 0.3 is 0 Å². The van der Waals surface area contributed by atoms with Crippen molar-refractivity contribution in [3.8, 4) is 24.2 Å². The van der Waals surface area contributed by atoms with Crippen molar-refractivity contribution < 1.29 is 9.53 Å². The van der Waals surface area contributed by atoms with Crippen LogP contribution in [0.1, 0.15) is 11.1 Å². The first kappa shape index (κ1) is 18.1. The first-order valence-electron chi connectivity index (χ1n) is 7.39. The highest BCUT2D eigenvalue weighted by atomic mass is 35.5. The van der Waals surface area contributed by atoms with E-state index < -0.39 is 5.91 Å². The van der Waals surface area contributed by atoms with Gasteiger partial charge in [-0.3, -0.25) is 4.79 Å². The molecule has 0 fully saturated rings. The average molecular weight is 351 g/mol. The summed E-state index contributed by atoms with van der Waals surface area (Å²) in [7, 11) is 0. The average Bonchev–Trinajstić information content (AvgIpc) is 2.61. The van der Waals surface area contributed by atoms with Crippen LogP contribution in [0, 0.1) is 30.6 Å². The Hall–Kier alpha value is -3.21. The van der Waals surface area contributed by atoms with Crippen molar-refractivity contribution in [2.75, 3.05) is 11.9 Å². The number of halogens is 1. The van der Waals surface area contributed by atoms with E-state index in [9.17, 15) is 10.1 Å². The van der Waals surface area contributed by atoms with E-state index in [1.807, 2.05) is 13.0 Å². The van der Waals surface area contributed by atoms with Crippen LogP contribution in [0.5, 0.6) is 5.75 Å². The van der Waals surface area contributed by atoms with Gasteiger partial charge in [-0.25, -0.2) is 0 Å². The third-order valence-corrected chi connectivity index (χ3v) is 3.73. The Bertz CT molecular complexity index is 905. The van der Waals surface area contributed by atoms with Crippen molar-refractivity contribution in [1.82, 2.24) is 0 Å². The molecule has 0 aliphatic carbocycles. The molecule has 1 N–H and O–H groups in total. The minimum atomic E-state index is -0.533. The molecule has 0 unspecified atom stereocenters. The summed E-state index contributed by atoms with van der Waals surface area (Å²) in [4.78, 5) is 12.4. The van der Waals surface area contributed by atoms with E-state index in [-0.39, 0.29) is 12.2 Å². The number of nitrogens with zero attached hydrogens (tertiary/aromatic N) is 1. The number of nitriles is 1. The maximum Gasteiger partial charge on any atom is 0.266 e. The molecule has 0 aromatic heterocycles. The third kappa shape index (κ3) is 4.88. The lowest BCUT2D eigenvalue weighted by molar-refractivity contribution is -0.112. The monoisotopic (exact) mass is 350 g/mol. The summed E-state index contributed by atoms with van der Waals surface area (Å²) < 4.78 is 5.42. The van der Waals surface area contributed by atoms with Gasteiger partial charge in [0.15, 0.2) is 0 Å². The molecule has 0 atom stereocenters. The van der Waals surface area contributed by atoms with Gasteiger partial charge in [-0.05, 0) is 36.8 Å². The van der Waals surface area contributed by atoms with Crippen molar-refractivity contribution in [2.45, 2.75) is 6.92 Å². The molecule has 0 radical (unpaired) electrons. The number of terminal acetylenes is 1. The van der Waals surface area contributed by atoms with E-state index in [1.54, 1.807) is 42.5 Å². The number of hydrogen-bond donors (Lipinski definition) is 1. The number of aryl methyl sites for hydroxylation is 1. The Balaban J connectivity index is 2.25. The van der Waals surface area contributed by atoms with Crippen LogP contribution in [0.15, 0.2) is 48.0 Å². The quantitative estimate of drug-likeness (QED) is 0.499. The molecule has 2 aromatic rings. The fraction of sp³-hybridized carbons (Fsp3) is 0.100. The zero-order chi connectivity index (χ0) is 18.2. The number of carbonyl (C=O) groups is 1.